The number of nitrogens with zero attached hydrogens (tertiary/aromatic N) is 1. The monoisotopic (exact) mass is 385 g/mol. The lowest BCUT2D eigenvalue weighted by atomic mass is 10.1. The molecule has 0 aliphatic heterocycles. The maximum atomic E-state index is 12.5. The van der Waals surface area contributed by atoms with E-state index in [0.29, 0.717) is 21.3 Å². The Morgan fingerprint density at radius 1 is 1.04 bits per heavy atom. The largest absolute Gasteiger partial charge is 0.377 e. The van der Waals surface area contributed by atoms with E-state index in [0.717, 1.165) is 11.3 Å². The van der Waals surface area contributed by atoms with Gasteiger partial charge in [-0.05, 0) is 30.7 Å². The molecule has 3 aromatic rings. The van der Waals surface area contributed by atoms with E-state index in [1.807, 2.05) is 37.3 Å². The number of benzene rings is 2. The first kappa shape index (κ1) is 18.2. The molecule has 6 heteroatoms. The molecular formula is C20H17Cl2N3O. The summed E-state index contributed by atoms with van der Waals surface area (Å²) in [5.41, 5.74) is 2.78. The summed E-state index contributed by atoms with van der Waals surface area (Å²) in [5, 5.41) is 6.80. The summed E-state index contributed by atoms with van der Waals surface area (Å²) in [6, 6.07) is 17.0. The number of pyridine rings is 1. The topological polar surface area (TPSA) is 54.0 Å². The summed E-state index contributed by atoms with van der Waals surface area (Å²) in [5.74, 6) is -0.308. The molecule has 0 aliphatic rings. The van der Waals surface area contributed by atoms with Gasteiger partial charge in [-0.3, -0.25) is 9.78 Å². The molecule has 1 unspecified atom stereocenters. The van der Waals surface area contributed by atoms with Crippen molar-refractivity contribution in [2.75, 3.05) is 10.6 Å². The molecule has 0 saturated heterocycles. The lowest BCUT2D eigenvalue weighted by Crippen LogP contribution is -2.14. The van der Waals surface area contributed by atoms with Gasteiger partial charge in [-0.15, -0.1) is 0 Å². The number of carbonyl (C=O) groups is 1. The van der Waals surface area contributed by atoms with Crippen LogP contribution in [-0.2, 0) is 0 Å². The Kier molecular flexibility index (Phi) is 5.76. The first-order valence-electron chi connectivity index (χ1n) is 8.06. The molecule has 2 aromatic carbocycles. The van der Waals surface area contributed by atoms with Crippen molar-refractivity contribution in [2.45, 2.75) is 13.0 Å². The summed E-state index contributed by atoms with van der Waals surface area (Å²) >= 11 is 12.1. The second kappa shape index (κ2) is 8.21. The van der Waals surface area contributed by atoms with Crippen LogP contribution in [0.3, 0.4) is 0 Å². The number of hydrogen-bond acceptors (Lipinski definition) is 3. The van der Waals surface area contributed by atoms with E-state index in [2.05, 4.69) is 15.6 Å². The van der Waals surface area contributed by atoms with E-state index in [1.165, 1.54) is 6.20 Å². The van der Waals surface area contributed by atoms with Gasteiger partial charge >= 0.3 is 0 Å². The second-order valence-electron chi connectivity index (χ2n) is 5.79. The lowest BCUT2D eigenvalue weighted by molar-refractivity contribution is 0.102. The van der Waals surface area contributed by atoms with E-state index < -0.39 is 0 Å². The van der Waals surface area contributed by atoms with Crippen molar-refractivity contribution in [1.29, 1.82) is 0 Å². The van der Waals surface area contributed by atoms with E-state index in [4.69, 9.17) is 23.2 Å². The third-order valence-corrected chi connectivity index (χ3v) is 4.70. The van der Waals surface area contributed by atoms with Crippen LogP contribution in [0, 0.1) is 0 Å². The minimum absolute atomic E-state index is 0.0821. The predicted molar refractivity (Wildman–Crippen MR) is 107 cm³/mol. The van der Waals surface area contributed by atoms with Gasteiger partial charge in [0.15, 0.2) is 0 Å². The maximum Gasteiger partial charge on any atom is 0.257 e. The molecule has 4 nitrogen and oxygen atoms in total. The van der Waals surface area contributed by atoms with Gasteiger partial charge in [0.2, 0.25) is 0 Å². The zero-order valence-electron chi connectivity index (χ0n) is 14.0. The zero-order chi connectivity index (χ0) is 18.5. The van der Waals surface area contributed by atoms with Crippen LogP contribution in [-0.4, -0.2) is 10.9 Å². The number of carbonyl (C=O) groups excluding carboxylic acids is 1. The average molecular weight is 386 g/mol. The van der Waals surface area contributed by atoms with Crippen LogP contribution in [0.15, 0.2) is 67.0 Å². The van der Waals surface area contributed by atoms with E-state index in [9.17, 15) is 4.79 Å². The SMILES string of the molecule is CC(Nc1cncc(C(=O)Nc2cccc(Cl)c2Cl)c1)c1ccccc1. The molecule has 0 aliphatic carbocycles. The van der Waals surface area contributed by atoms with Gasteiger partial charge < -0.3 is 10.6 Å². The molecule has 26 heavy (non-hydrogen) atoms. The molecule has 3 rings (SSSR count). The summed E-state index contributed by atoms with van der Waals surface area (Å²) in [7, 11) is 0. The smallest absolute Gasteiger partial charge is 0.257 e. The fourth-order valence-electron chi connectivity index (χ4n) is 2.51. The van der Waals surface area contributed by atoms with Crippen molar-refractivity contribution in [3.05, 3.63) is 88.2 Å². The van der Waals surface area contributed by atoms with Crippen molar-refractivity contribution in [1.82, 2.24) is 4.98 Å². The molecule has 1 amide bonds. The normalized spacial score (nSPS) is 11.7. The van der Waals surface area contributed by atoms with Gasteiger partial charge in [0, 0.05) is 18.4 Å². The number of anilines is 2. The molecule has 0 fully saturated rings. The quantitative estimate of drug-likeness (QED) is 0.582. The van der Waals surface area contributed by atoms with Crippen LogP contribution >= 0.6 is 23.2 Å². The second-order valence-corrected chi connectivity index (χ2v) is 6.58. The Morgan fingerprint density at radius 2 is 1.81 bits per heavy atom. The molecule has 0 saturated carbocycles. The number of hydrogen-bond donors (Lipinski definition) is 2. The maximum absolute atomic E-state index is 12.5. The van der Waals surface area contributed by atoms with Crippen LogP contribution < -0.4 is 10.6 Å². The van der Waals surface area contributed by atoms with Gasteiger partial charge in [0.25, 0.3) is 5.91 Å². The van der Waals surface area contributed by atoms with Crippen LogP contribution in [0.25, 0.3) is 0 Å². The van der Waals surface area contributed by atoms with E-state index in [-0.39, 0.29) is 11.9 Å². The van der Waals surface area contributed by atoms with Gasteiger partial charge in [-0.1, -0.05) is 59.6 Å². The van der Waals surface area contributed by atoms with Gasteiger partial charge in [0.05, 0.1) is 27.0 Å². The highest BCUT2D eigenvalue weighted by Gasteiger charge is 2.12. The molecule has 0 radical (unpaired) electrons. The Balaban J connectivity index is 1.74. The molecule has 2 N–H and O–H groups in total. The fourth-order valence-corrected chi connectivity index (χ4v) is 2.86. The van der Waals surface area contributed by atoms with Gasteiger partial charge in [-0.25, -0.2) is 0 Å². The summed E-state index contributed by atoms with van der Waals surface area (Å²) < 4.78 is 0. The van der Waals surface area contributed by atoms with Crippen molar-refractivity contribution in [2.24, 2.45) is 0 Å². The molecule has 1 atom stereocenters. The number of rotatable bonds is 5. The standard InChI is InChI=1S/C20H17Cl2N3O/c1-13(14-6-3-2-4-7-14)24-16-10-15(11-23-12-16)20(26)25-18-9-5-8-17(21)19(18)22/h2-13,24H,1H3,(H,25,26). The lowest BCUT2D eigenvalue weighted by Gasteiger charge is -2.16. The zero-order valence-corrected chi connectivity index (χ0v) is 15.6. The Morgan fingerprint density at radius 3 is 2.58 bits per heavy atom. The summed E-state index contributed by atoms with van der Waals surface area (Å²) in [6.45, 7) is 2.05. The Bertz CT molecular complexity index is 916. The van der Waals surface area contributed by atoms with Crippen molar-refractivity contribution < 1.29 is 4.79 Å². The molecule has 0 bridgehead atoms. The fraction of sp³-hybridized carbons (Fsp3) is 0.100. The molecule has 1 aromatic heterocycles. The summed E-state index contributed by atoms with van der Waals surface area (Å²) in [4.78, 5) is 16.7. The molecule has 0 spiro atoms. The van der Waals surface area contributed by atoms with Gasteiger partial charge in [0.1, 0.15) is 0 Å². The molecule has 132 valence electrons. The third kappa shape index (κ3) is 4.34. The van der Waals surface area contributed by atoms with Crippen molar-refractivity contribution in [3.8, 4) is 0 Å². The average Bonchev–Trinajstić information content (AvgIpc) is 2.66. The summed E-state index contributed by atoms with van der Waals surface area (Å²) in [6.07, 6.45) is 3.19. The van der Waals surface area contributed by atoms with Crippen LogP contribution in [0.2, 0.25) is 10.0 Å². The third-order valence-electron chi connectivity index (χ3n) is 3.88. The first-order valence-corrected chi connectivity index (χ1v) is 8.82. The number of aromatic nitrogens is 1. The minimum atomic E-state index is -0.308. The van der Waals surface area contributed by atoms with Crippen molar-refractivity contribution in [3.63, 3.8) is 0 Å². The van der Waals surface area contributed by atoms with Gasteiger partial charge in [-0.2, -0.15) is 0 Å². The Hall–Kier alpha value is -2.56. The Labute approximate surface area is 162 Å². The highest BCUT2D eigenvalue weighted by Crippen LogP contribution is 2.30. The predicted octanol–water partition coefficient (Wildman–Crippen LogP) is 5.81. The van der Waals surface area contributed by atoms with Crippen LogP contribution in [0.4, 0.5) is 11.4 Å². The van der Waals surface area contributed by atoms with E-state index in [1.54, 1.807) is 30.5 Å². The number of halogens is 2. The molecular weight excluding hydrogens is 369 g/mol. The van der Waals surface area contributed by atoms with Crippen LogP contribution in [0.5, 0.6) is 0 Å². The highest BCUT2D eigenvalue weighted by molar-refractivity contribution is 6.44. The highest BCUT2D eigenvalue weighted by atomic mass is 35.5. The number of nitrogens with one attached hydrogen (secondary N) is 2. The van der Waals surface area contributed by atoms with Crippen LogP contribution in [0.1, 0.15) is 28.9 Å². The molecule has 1 heterocycles. The minimum Gasteiger partial charge on any atom is -0.377 e. The van der Waals surface area contributed by atoms with Crippen molar-refractivity contribution >= 4 is 40.5 Å². The number of amides is 1. The first-order chi connectivity index (χ1) is 12.5. The van der Waals surface area contributed by atoms with E-state index >= 15 is 0 Å².